The summed E-state index contributed by atoms with van der Waals surface area (Å²) >= 11 is 3.47. The summed E-state index contributed by atoms with van der Waals surface area (Å²) in [6.07, 6.45) is -0.0409. The minimum Gasteiger partial charge on any atom is -0.488 e. The van der Waals surface area contributed by atoms with Gasteiger partial charge in [0.25, 0.3) is 5.91 Å². The molecule has 252 valence electrons. The molecule has 0 radical (unpaired) electrons. The highest BCUT2D eigenvalue weighted by molar-refractivity contribution is 9.10. The molecule has 2 N–H and O–H groups in total. The summed E-state index contributed by atoms with van der Waals surface area (Å²) in [5.74, 6) is -1.54. The van der Waals surface area contributed by atoms with Crippen molar-refractivity contribution in [1.82, 2.24) is 9.80 Å². The van der Waals surface area contributed by atoms with E-state index in [0.29, 0.717) is 34.7 Å². The number of piperazine rings is 1. The number of carbonyl (C=O) groups is 3. The second kappa shape index (κ2) is 14.7. The van der Waals surface area contributed by atoms with Gasteiger partial charge >= 0.3 is 5.97 Å². The summed E-state index contributed by atoms with van der Waals surface area (Å²) in [4.78, 5) is 47.3. The predicted octanol–water partition coefficient (Wildman–Crippen LogP) is 5.97. The smallest absolute Gasteiger partial charge is 0.306 e. The largest absolute Gasteiger partial charge is 0.488 e. The number of anilines is 1. The third kappa shape index (κ3) is 8.32. The first-order chi connectivity index (χ1) is 22.8. The number of ether oxygens (including phenoxy) is 2. The Morgan fingerprint density at radius 1 is 1.08 bits per heavy atom. The average molecular weight is 721 g/mol. The van der Waals surface area contributed by atoms with Crippen LogP contribution in [0.15, 0.2) is 59.1 Å². The molecule has 10 nitrogen and oxygen atoms in total. The lowest BCUT2D eigenvalue weighted by Gasteiger charge is -2.36. The van der Waals surface area contributed by atoms with Gasteiger partial charge in [0.05, 0.1) is 13.1 Å². The monoisotopic (exact) mass is 719 g/mol. The Hall–Kier alpha value is -4.47. The number of fused-ring (bicyclic) bond motifs is 1. The van der Waals surface area contributed by atoms with Gasteiger partial charge in [0, 0.05) is 66.0 Å². The average Bonchev–Trinajstić information content (AvgIpc) is 3.36. The van der Waals surface area contributed by atoms with Gasteiger partial charge in [-0.3, -0.25) is 19.3 Å². The third-order valence-electron chi connectivity index (χ3n) is 8.40. The van der Waals surface area contributed by atoms with Crippen LogP contribution in [0.4, 0.5) is 15.8 Å². The molecule has 3 aromatic carbocycles. The van der Waals surface area contributed by atoms with E-state index in [2.05, 4.69) is 30.6 Å². The molecule has 2 heterocycles. The van der Waals surface area contributed by atoms with Crippen molar-refractivity contribution in [2.45, 2.75) is 65.0 Å². The summed E-state index contributed by atoms with van der Waals surface area (Å²) in [7, 11) is 0. The Morgan fingerprint density at radius 2 is 1.83 bits per heavy atom. The number of esters is 1. The number of benzene rings is 3. The van der Waals surface area contributed by atoms with Crippen molar-refractivity contribution in [2.24, 2.45) is 5.73 Å². The van der Waals surface area contributed by atoms with E-state index in [1.165, 1.54) is 11.0 Å². The van der Waals surface area contributed by atoms with E-state index in [4.69, 9.17) is 21.8 Å². The normalized spacial score (nSPS) is 15.5. The molecule has 2 amide bonds. The summed E-state index contributed by atoms with van der Waals surface area (Å²) in [5.41, 5.74) is 8.83. The molecule has 5 rings (SSSR count). The minimum atomic E-state index is -1.00. The molecular formula is C36H39BrFN5O5. The maximum absolute atomic E-state index is 15.3. The van der Waals surface area contributed by atoms with Crippen LogP contribution >= 0.6 is 15.9 Å². The van der Waals surface area contributed by atoms with Gasteiger partial charge < -0.3 is 25.0 Å². The number of halogens is 2. The van der Waals surface area contributed by atoms with E-state index >= 15 is 4.39 Å². The van der Waals surface area contributed by atoms with Gasteiger partial charge in [-0.05, 0) is 63.1 Å². The lowest BCUT2D eigenvalue weighted by molar-refractivity contribution is -0.155. The predicted molar refractivity (Wildman–Crippen MR) is 183 cm³/mol. The molecular weight excluding hydrogens is 681 g/mol. The molecule has 0 unspecified atom stereocenters. The van der Waals surface area contributed by atoms with Gasteiger partial charge in [-0.2, -0.15) is 0 Å². The van der Waals surface area contributed by atoms with Crippen molar-refractivity contribution < 1.29 is 28.2 Å². The van der Waals surface area contributed by atoms with E-state index in [-0.39, 0.29) is 37.7 Å². The molecule has 3 aromatic rings. The molecule has 0 aliphatic carbocycles. The van der Waals surface area contributed by atoms with Gasteiger partial charge in [-0.1, -0.05) is 40.2 Å². The SMILES string of the molecule is [C-]#[N+]c1ccc(N2CCN(Cc3ccc(COc4cccc5c4CN([C@@H](CCC(=O)OC(C)(C)C)C(N)=O)C5=O)c(F)c3)CC2)cc1Br. The summed E-state index contributed by atoms with van der Waals surface area (Å²) < 4.78 is 27.4. The molecule has 0 bridgehead atoms. The number of nitrogens with zero attached hydrogens (tertiary/aromatic N) is 4. The fourth-order valence-electron chi connectivity index (χ4n) is 5.98. The first kappa shape index (κ1) is 34.9. The zero-order valence-electron chi connectivity index (χ0n) is 27.3. The quantitative estimate of drug-likeness (QED) is 0.192. The van der Waals surface area contributed by atoms with E-state index in [1.807, 2.05) is 24.3 Å². The fourth-order valence-corrected chi connectivity index (χ4v) is 6.43. The molecule has 0 saturated carbocycles. The van der Waals surface area contributed by atoms with Crippen molar-refractivity contribution in [3.05, 3.63) is 98.6 Å². The molecule has 0 aromatic heterocycles. The van der Waals surface area contributed by atoms with Crippen LogP contribution in [0.1, 0.15) is 60.7 Å². The first-order valence-electron chi connectivity index (χ1n) is 15.8. The maximum atomic E-state index is 15.3. The Kier molecular flexibility index (Phi) is 10.7. The molecule has 1 atom stereocenters. The number of hydrogen-bond donors (Lipinski definition) is 1. The van der Waals surface area contributed by atoms with Crippen LogP contribution in [-0.2, 0) is 34.0 Å². The van der Waals surface area contributed by atoms with Crippen molar-refractivity contribution in [3.63, 3.8) is 0 Å². The van der Waals surface area contributed by atoms with Crippen molar-refractivity contribution in [1.29, 1.82) is 0 Å². The van der Waals surface area contributed by atoms with Crippen molar-refractivity contribution in [2.75, 3.05) is 31.1 Å². The molecule has 1 saturated heterocycles. The van der Waals surface area contributed by atoms with Gasteiger partial charge in [0.1, 0.15) is 29.8 Å². The van der Waals surface area contributed by atoms with E-state index in [0.717, 1.165) is 41.9 Å². The Balaban J connectivity index is 1.17. The topological polar surface area (TPSA) is 110 Å². The Labute approximate surface area is 288 Å². The van der Waals surface area contributed by atoms with Crippen LogP contribution in [0, 0.1) is 12.4 Å². The highest BCUT2D eigenvalue weighted by Gasteiger charge is 2.37. The van der Waals surface area contributed by atoms with E-state index in [1.54, 1.807) is 45.0 Å². The second-order valence-corrected chi connectivity index (χ2v) is 13.8. The molecule has 0 spiro atoms. The van der Waals surface area contributed by atoms with Crippen LogP contribution in [-0.4, -0.2) is 65.4 Å². The molecule has 1 fully saturated rings. The molecule has 2 aliphatic rings. The van der Waals surface area contributed by atoms with Crippen LogP contribution < -0.4 is 15.4 Å². The van der Waals surface area contributed by atoms with Gasteiger partial charge in [-0.25, -0.2) is 9.24 Å². The van der Waals surface area contributed by atoms with Crippen LogP contribution in [0.3, 0.4) is 0 Å². The van der Waals surface area contributed by atoms with Gasteiger partial charge in [0.15, 0.2) is 0 Å². The molecule has 2 aliphatic heterocycles. The lowest BCUT2D eigenvalue weighted by atomic mass is 10.1. The van der Waals surface area contributed by atoms with Crippen LogP contribution in [0.2, 0.25) is 0 Å². The van der Waals surface area contributed by atoms with Crippen LogP contribution in [0.25, 0.3) is 4.85 Å². The highest BCUT2D eigenvalue weighted by atomic mass is 79.9. The summed E-state index contributed by atoms with van der Waals surface area (Å²) in [6, 6.07) is 15.0. The number of primary amides is 1. The van der Waals surface area contributed by atoms with E-state index < -0.39 is 23.5 Å². The second-order valence-electron chi connectivity index (χ2n) is 13.0. The zero-order chi connectivity index (χ0) is 34.6. The number of rotatable bonds is 11. The number of hydrogen-bond acceptors (Lipinski definition) is 7. The summed E-state index contributed by atoms with van der Waals surface area (Å²) in [6.45, 7) is 16.4. The Morgan fingerprint density at radius 3 is 2.48 bits per heavy atom. The van der Waals surface area contributed by atoms with Crippen molar-refractivity contribution in [3.8, 4) is 5.75 Å². The fraction of sp³-hybridized carbons (Fsp3) is 0.389. The Bertz CT molecular complexity index is 1750. The van der Waals surface area contributed by atoms with Crippen molar-refractivity contribution >= 4 is 45.1 Å². The number of nitrogens with two attached hydrogens (primary N) is 1. The standard InChI is InChI=1S/C36H39BrFN5O5/c1-36(2,3)48-33(44)13-12-31(34(39)45)43-21-27-26(35(43)46)6-5-7-32(27)47-22-24-9-8-23(18-29(24)38)20-41-14-16-42(17-15-41)25-10-11-30(40-4)28(37)19-25/h5-11,18-19,31H,12-17,20-22H2,1-3H3,(H2,39,45)/t31-/m0/s1. The molecule has 48 heavy (non-hydrogen) atoms. The van der Waals surface area contributed by atoms with Gasteiger partial charge in [-0.15, -0.1) is 0 Å². The number of carbonyl (C=O) groups excluding carboxylic acids is 3. The highest BCUT2D eigenvalue weighted by Crippen LogP contribution is 2.34. The lowest BCUT2D eigenvalue weighted by Crippen LogP contribution is -2.46. The zero-order valence-corrected chi connectivity index (χ0v) is 28.9. The first-order valence-corrected chi connectivity index (χ1v) is 16.6. The number of amides is 2. The third-order valence-corrected chi connectivity index (χ3v) is 9.03. The molecule has 12 heteroatoms. The summed E-state index contributed by atoms with van der Waals surface area (Å²) in [5, 5.41) is 0. The van der Waals surface area contributed by atoms with E-state index in [9.17, 15) is 14.4 Å². The maximum Gasteiger partial charge on any atom is 0.306 e. The van der Waals surface area contributed by atoms with Gasteiger partial charge in [0.2, 0.25) is 11.6 Å². The van der Waals surface area contributed by atoms with Crippen LogP contribution in [0.5, 0.6) is 5.75 Å². The minimum absolute atomic E-state index is 0.0311.